The number of thiocarbonyl (C=S) groups is 1. The molecule has 0 rings (SSSR count). The Morgan fingerprint density at radius 1 is 1.23 bits per heavy atom. The maximum atomic E-state index is 9.00. The molecule has 0 radical (unpaired) electrons. The Balaban J connectivity index is -0.000000117. The van der Waals surface area contributed by atoms with Gasteiger partial charge in [-0.3, -0.25) is 9.59 Å². The van der Waals surface area contributed by atoms with E-state index in [1.165, 1.54) is 0 Å². The van der Waals surface area contributed by atoms with Gasteiger partial charge in [0.1, 0.15) is 0 Å². The number of carbonyl (C=O) groups is 2. The van der Waals surface area contributed by atoms with E-state index in [-0.39, 0.29) is 5.11 Å². The molecule has 0 spiro atoms. The van der Waals surface area contributed by atoms with Crippen LogP contribution in [0.25, 0.3) is 0 Å². The molecule has 0 atom stereocenters. The van der Waals surface area contributed by atoms with Crippen molar-refractivity contribution in [2.45, 2.75) is 13.8 Å². The fourth-order valence-electron chi connectivity index (χ4n) is 0. The first-order chi connectivity index (χ1) is 5.73. The summed E-state index contributed by atoms with van der Waals surface area (Å²) < 4.78 is 0. The van der Waals surface area contributed by atoms with Gasteiger partial charge < -0.3 is 21.4 Å². The lowest BCUT2D eigenvalue weighted by Gasteiger charge is -1.85. The van der Waals surface area contributed by atoms with Crippen molar-refractivity contribution in [1.82, 2.24) is 5.43 Å². The predicted octanol–water partition coefficient (Wildman–Crippen LogP) is -1.12. The van der Waals surface area contributed by atoms with Crippen molar-refractivity contribution in [3.05, 3.63) is 0 Å². The Kier molecular flexibility index (Phi) is 17.9. The molecule has 0 heterocycles. The number of nitrogens with one attached hydrogen (secondary N) is 1. The quantitative estimate of drug-likeness (QED) is 0.193. The lowest BCUT2D eigenvalue weighted by molar-refractivity contribution is -0.135. The molecule has 0 aromatic heterocycles. The lowest BCUT2D eigenvalue weighted by Crippen LogP contribution is -2.34. The summed E-state index contributed by atoms with van der Waals surface area (Å²) in [5, 5.41) is 14.9. The third kappa shape index (κ3) is 2240. The number of hydrogen-bond donors (Lipinski definition) is 5. The van der Waals surface area contributed by atoms with Gasteiger partial charge in [0.05, 0.1) is 0 Å². The molecule has 0 aliphatic carbocycles. The highest BCUT2D eigenvalue weighted by Crippen LogP contribution is 1.42. The maximum Gasteiger partial charge on any atom is 0.300 e. The summed E-state index contributed by atoms with van der Waals surface area (Å²) in [5.74, 6) is 2.99. The van der Waals surface area contributed by atoms with Crippen LogP contribution >= 0.6 is 12.2 Å². The minimum absolute atomic E-state index is 0.116. The monoisotopic (exact) mass is 211 g/mol. The second-order valence-corrected chi connectivity index (χ2v) is 1.99. The van der Waals surface area contributed by atoms with Crippen molar-refractivity contribution in [3.8, 4) is 0 Å². The smallest absolute Gasteiger partial charge is 0.300 e. The van der Waals surface area contributed by atoms with E-state index in [9.17, 15) is 0 Å². The van der Waals surface area contributed by atoms with Crippen molar-refractivity contribution >= 4 is 29.3 Å². The SMILES string of the molecule is CC(=O)O.CC(=O)O.NNC(N)=S. The molecule has 0 aliphatic heterocycles. The van der Waals surface area contributed by atoms with E-state index in [0.717, 1.165) is 13.8 Å². The highest BCUT2D eigenvalue weighted by atomic mass is 32.1. The first kappa shape index (κ1) is 17.6. The molecule has 13 heavy (non-hydrogen) atoms. The number of nitrogens with two attached hydrogens (primary N) is 2. The Morgan fingerprint density at radius 3 is 1.31 bits per heavy atom. The van der Waals surface area contributed by atoms with Gasteiger partial charge in [-0.05, 0) is 12.2 Å². The van der Waals surface area contributed by atoms with Crippen LogP contribution in [0.2, 0.25) is 0 Å². The highest BCUT2D eigenvalue weighted by molar-refractivity contribution is 7.80. The molecule has 0 bridgehead atoms. The van der Waals surface area contributed by atoms with E-state index in [1.807, 2.05) is 5.43 Å². The first-order valence-electron chi connectivity index (χ1n) is 2.89. The molecule has 0 fully saturated rings. The van der Waals surface area contributed by atoms with Crippen LogP contribution in [0.15, 0.2) is 0 Å². The highest BCUT2D eigenvalue weighted by Gasteiger charge is 1.66. The summed E-state index contributed by atoms with van der Waals surface area (Å²) >= 11 is 4.24. The van der Waals surface area contributed by atoms with Crippen LogP contribution in [0, 0.1) is 0 Å². The molecule has 0 amide bonds. The van der Waals surface area contributed by atoms with Gasteiger partial charge in [-0.2, -0.15) is 0 Å². The topological polar surface area (TPSA) is 139 Å². The van der Waals surface area contributed by atoms with E-state index >= 15 is 0 Å². The molecule has 7 N–H and O–H groups in total. The van der Waals surface area contributed by atoms with Crippen LogP contribution in [0.4, 0.5) is 0 Å². The fraction of sp³-hybridized carbons (Fsp3) is 0.400. The van der Waals surface area contributed by atoms with Gasteiger partial charge >= 0.3 is 0 Å². The Labute approximate surface area is 80.7 Å². The molecule has 0 saturated heterocycles. The van der Waals surface area contributed by atoms with Crippen molar-refractivity contribution in [1.29, 1.82) is 0 Å². The largest absolute Gasteiger partial charge is 0.481 e. The predicted molar refractivity (Wildman–Crippen MR) is 50.7 cm³/mol. The van der Waals surface area contributed by atoms with Crippen LogP contribution in [0.1, 0.15) is 13.8 Å². The number of carboxylic acids is 2. The van der Waals surface area contributed by atoms with E-state index < -0.39 is 11.9 Å². The van der Waals surface area contributed by atoms with Gasteiger partial charge in [0.2, 0.25) is 0 Å². The Morgan fingerprint density at radius 2 is 1.31 bits per heavy atom. The zero-order chi connectivity index (χ0) is 11.4. The van der Waals surface area contributed by atoms with E-state index in [0.29, 0.717) is 0 Å². The average molecular weight is 211 g/mol. The molecule has 0 aliphatic rings. The van der Waals surface area contributed by atoms with Crippen LogP contribution < -0.4 is 17.0 Å². The lowest BCUT2D eigenvalue weighted by atomic mass is 10.9. The number of carboxylic acid groups (broad SMARTS) is 2. The van der Waals surface area contributed by atoms with Gasteiger partial charge in [0, 0.05) is 13.8 Å². The Hall–Kier alpha value is -1.41. The van der Waals surface area contributed by atoms with Gasteiger partial charge in [0.25, 0.3) is 11.9 Å². The fourth-order valence-corrected chi connectivity index (χ4v) is 0. The van der Waals surface area contributed by atoms with Crippen LogP contribution in [-0.2, 0) is 9.59 Å². The zero-order valence-electron chi connectivity index (χ0n) is 7.27. The third-order valence-electron chi connectivity index (χ3n) is 0.142. The average Bonchev–Trinajstić information content (AvgIpc) is 1.84. The third-order valence-corrected chi connectivity index (χ3v) is 0.260. The van der Waals surface area contributed by atoms with E-state index in [2.05, 4.69) is 18.1 Å². The molecule has 7 nitrogen and oxygen atoms in total. The summed E-state index contributed by atoms with van der Waals surface area (Å²) in [5.41, 5.74) is 6.82. The molecule has 8 heteroatoms. The van der Waals surface area contributed by atoms with Crippen LogP contribution in [0.5, 0.6) is 0 Å². The van der Waals surface area contributed by atoms with Crippen molar-refractivity contribution < 1.29 is 19.8 Å². The summed E-state index contributed by atoms with van der Waals surface area (Å²) in [6.07, 6.45) is 0. The zero-order valence-corrected chi connectivity index (χ0v) is 8.09. The molecule has 0 saturated carbocycles. The molecule has 0 unspecified atom stereocenters. The molecule has 0 aromatic rings. The summed E-state index contributed by atoms with van der Waals surface area (Å²) in [6, 6.07) is 0. The van der Waals surface area contributed by atoms with Gasteiger partial charge in [-0.1, -0.05) is 0 Å². The summed E-state index contributed by atoms with van der Waals surface area (Å²) in [6.45, 7) is 2.17. The molecular formula is C5H13N3O4S. The normalized spacial score (nSPS) is 6.38. The van der Waals surface area contributed by atoms with E-state index in [1.54, 1.807) is 0 Å². The second kappa shape index (κ2) is 13.2. The molecule has 78 valence electrons. The second-order valence-electron chi connectivity index (χ2n) is 1.55. The molecular weight excluding hydrogens is 198 g/mol. The minimum atomic E-state index is -0.833. The van der Waals surface area contributed by atoms with Crippen LogP contribution in [-0.4, -0.2) is 27.3 Å². The number of rotatable bonds is 0. The molecule has 0 aromatic carbocycles. The van der Waals surface area contributed by atoms with Crippen molar-refractivity contribution in [2.24, 2.45) is 11.6 Å². The minimum Gasteiger partial charge on any atom is -0.481 e. The van der Waals surface area contributed by atoms with Gasteiger partial charge in [-0.25, -0.2) is 5.84 Å². The number of hydrogen-bond acceptors (Lipinski definition) is 4. The van der Waals surface area contributed by atoms with Crippen LogP contribution in [0.3, 0.4) is 0 Å². The van der Waals surface area contributed by atoms with Gasteiger partial charge in [-0.15, -0.1) is 0 Å². The Bertz CT molecular complexity index is 153. The van der Waals surface area contributed by atoms with Crippen molar-refractivity contribution in [3.63, 3.8) is 0 Å². The first-order valence-corrected chi connectivity index (χ1v) is 3.30. The maximum absolute atomic E-state index is 9.00. The van der Waals surface area contributed by atoms with Crippen molar-refractivity contribution in [2.75, 3.05) is 0 Å². The standard InChI is InChI=1S/2C2H4O2.CH5N3S/c2*1-2(3)4;2-1(5)4-3/h2*1H3,(H,3,4);3H2,(H3,2,4,5). The van der Waals surface area contributed by atoms with E-state index in [4.69, 9.17) is 25.5 Å². The number of hydrazine groups is 1. The summed E-state index contributed by atoms with van der Waals surface area (Å²) in [7, 11) is 0. The van der Waals surface area contributed by atoms with Gasteiger partial charge in [0.15, 0.2) is 5.11 Å². The number of aliphatic carboxylic acids is 2. The summed E-state index contributed by atoms with van der Waals surface area (Å²) in [4.78, 5) is 18.0.